The molecule has 2 aromatic heterocycles. The van der Waals surface area contributed by atoms with Crippen molar-refractivity contribution in [2.75, 3.05) is 6.54 Å². The predicted molar refractivity (Wildman–Crippen MR) is 136 cm³/mol. The van der Waals surface area contributed by atoms with Gasteiger partial charge in [-0.3, -0.25) is 30.0 Å². The van der Waals surface area contributed by atoms with Gasteiger partial charge in [-0.2, -0.15) is 0 Å². The van der Waals surface area contributed by atoms with E-state index in [4.69, 9.17) is 0 Å². The molecule has 2 unspecified atom stereocenters. The van der Waals surface area contributed by atoms with Gasteiger partial charge < -0.3 is 9.47 Å². The lowest BCUT2D eigenvalue weighted by Gasteiger charge is -2.23. The van der Waals surface area contributed by atoms with E-state index in [1.54, 1.807) is 11.8 Å². The highest BCUT2D eigenvalue weighted by atomic mass is 32.1. The Labute approximate surface area is 213 Å². The minimum absolute atomic E-state index is 0.0253. The number of carbonyl (C=O) groups excluding carboxylic acids is 3. The van der Waals surface area contributed by atoms with Crippen molar-refractivity contribution in [2.45, 2.75) is 39.2 Å². The average molecular weight is 508 g/mol. The Morgan fingerprint density at radius 2 is 1.92 bits per heavy atom. The number of nitrogens with one attached hydrogen (secondary N) is 2. The fraction of sp³-hybridized carbons (Fsp3) is 0.346. The van der Waals surface area contributed by atoms with E-state index in [0.717, 1.165) is 33.7 Å². The Hall–Kier alpha value is -3.79. The third-order valence-electron chi connectivity index (χ3n) is 6.31. The number of thiazole rings is 1. The molecule has 2 N–H and O–H groups in total. The van der Waals surface area contributed by atoms with E-state index >= 15 is 0 Å². The van der Waals surface area contributed by atoms with Crippen LogP contribution in [0.1, 0.15) is 62.9 Å². The first kappa shape index (κ1) is 25.3. The van der Waals surface area contributed by atoms with E-state index in [1.807, 2.05) is 42.6 Å². The summed E-state index contributed by atoms with van der Waals surface area (Å²) in [6, 6.07) is 12.0. The van der Waals surface area contributed by atoms with Gasteiger partial charge in [0.25, 0.3) is 17.4 Å². The van der Waals surface area contributed by atoms with Gasteiger partial charge in [0.2, 0.25) is 5.91 Å². The Morgan fingerprint density at radius 1 is 1.17 bits per heavy atom. The van der Waals surface area contributed by atoms with Crippen molar-refractivity contribution >= 4 is 29.1 Å². The second kappa shape index (κ2) is 10.9. The van der Waals surface area contributed by atoms with Crippen molar-refractivity contribution in [1.82, 2.24) is 25.3 Å². The number of nitrogens with zero attached hydrogens (tertiary/aromatic N) is 3. The standard InChI is InChI=1S/C26H29N5O4S/c1-16(12-18-8-5-4-6-9-18)23(33)28-29-24(34)21-13-19(14-22(32)30(21)3)26(35)31-11-7-10-20(31)25-27-17(2)15-36-25/h4-6,8-9,13-16,20H,7,10-12H2,1-3H3,(H,28,33)(H,29,34). The van der Waals surface area contributed by atoms with E-state index in [0.29, 0.717) is 13.0 Å². The highest BCUT2D eigenvalue weighted by Crippen LogP contribution is 2.34. The number of amides is 3. The molecule has 3 amide bonds. The molecule has 1 fully saturated rings. The molecule has 4 rings (SSSR count). The molecule has 10 heteroatoms. The fourth-order valence-corrected chi connectivity index (χ4v) is 5.24. The zero-order valence-electron chi connectivity index (χ0n) is 20.5. The lowest BCUT2D eigenvalue weighted by atomic mass is 10.0. The van der Waals surface area contributed by atoms with E-state index < -0.39 is 11.5 Å². The van der Waals surface area contributed by atoms with E-state index in [1.165, 1.54) is 30.5 Å². The number of pyridine rings is 1. The number of hydrogen-bond acceptors (Lipinski definition) is 6. The van der Waals surface area contributed by atoms with Crippen LogP contribution in [0.3, 0.4) is 0 Å². The molecular weight excluding hydrogens is 478 g/mol. The first-order valence-corrected chi connectivity index (χ1v) is 12.7. The Bertz CT molecular complexity index is 1330. The molecular formula is C26H29N5O4S. The van der Waals surface area contributed by atoms with Crippen LogP contribution in [0.2, 0.25) is 0 Å². The van der Waals surface area contributed by atoms with Gasteiger partial charge in [0.05, 0.1) is 6.04 Å². The van der Waals surface area contributed by atoms with Gasteiger partial charge in [-0.15, -0.1) is 11.3 Å². The summed E-state index contributed by atoms with van der Waals surface area (Å²) < 4.78 is 1.15. The van der Waals surface area contributed by atoms with Gasteiger partial charge in [-0.05, 0) is 37.8 Å². The maximum Gasteiger partial charge on any atom is 0.286 e. The molecule has 1 aromatic carbocycles. The number of carbonyl (C=O) groups is 3. The van der Waals surface area contributed by atoms with Crippen molar-refractivity contribution < 1.29 is 14.4 Å². The first-order valence-electron chi connectivity index (χ1n) is 11.8. The number of benzene rings is 1. The van der Waals surface area contributed by atoms with Crippen molar-refractivity contribution in [1.29, 1.82) is 0 Å². The quantitative estimate of drug-likeness (QED) is 0.498. The van der Waals surface area contributed by atoms with E-state index in [-0.39, 0.29) is 35.0 Å². The number of likely N-dealkylation sites (tertiary alicyclic amines) is 1. The second-order valence-electron chi connectivity index (χ2n) is 9.04. The molecule has 0 spiro atoms. The van der Waals surface area contributed by atoms with Crippen molar-refractivity contribution in [3.63, 3.8) is 0 Å². The highest BCUT2D eigenvalue weighted by molar-refractivity contribution is 7.09. The summed E-state index contributed by atoms with van der Waals surface area (Å²) in [6.07, 6.45) is 2.14. The molecule has 1 saturated heterocycles. The van der Waals surface area contributed by atoms with Crippen LogP contribution in [0.25, 0.3) is 0 Å². The van der Waals surface area contributed by atoms with Crippen LogP contribution < -0.4 is 16.4 Å². The van der Waals surface area contributed by atoms with Crippen LogP contribution in [-0.2, 0) is 18.3 Å². The number of hydrogen-bond donors (Lipinski definition) is 2. The number of rotatable bonds is 6. The largest absolute Gasteiger partial charge is 0.329 e. The first-order chi connectivity index (χ1) is 17.2. The van der Waals surface area contributed by atoms with Crippen LogP contribution in [0.5, 0.6) is 0 Å². The van der Waals surface area contributed by atoms with Crippen LogP contribution >= 0.6 is 11.3 Å². The molecule has 0 saturated carbocycles. The van der Waals surface area contributed by atoms with Crippen LogP contribution in [0, 0.1) is 12.8 Å². The summed E-state index contributed by atoms with van der Waals surface area (Å²) in [7, 11) is 1.45. The molecule has 36 heavy (non-hydrogen) atoms. The molecule has 0 bridgehead atoms. The lowest BCUT2D eigenvalue weighted by Crippen LogP contribution is -2.46. The maximum absolute atomic E-state index is 13.4. The summed E-state index contributed by atoms with van der Waals surface area (Å²) in [5.74, 6) is -1.75. The molecule has 9 nitrogen and oxygen atoms in total. The van der Waals surface area contributed by atoms with Gasteiger partial charge in [-0.25, -0.2) is 4.98 Å². The van der Waals surface area contributed by atoms with Crippen molar-refractivity contribution in [3.05, 3.63) is 85.7 Å². The molecule has 0 aliphatic carbocycles. The molecule has 1 aliphatic rings. The SMILES string of the molecule is Cc1csc(C2CCCN2C(=O)c2cc(C(=O)NNC(=O)C(C)Cc3ccccc3)n(C)c(=O)c2)n1. The topological polar surface area (TPSA) is 113 Å². The zero-order chi connectivity index (χ0) is 25.8. The molecule has 0 radical (unpaired) electrons. The monoisotopic (exact) mass is 507 g/mol. The Morgan fingerprint density at radius 3 is 2.61 bits per heavy atom. The second-order valence-corrected chi connectivity index (χ2v) is 9.93. The minimum Gasteiger partial charge on any atom is -0.329 e. The normalized spacial score (nSPS) is 16.0. The molecule has 2 atom stereocenters. The third kappa shape index (κ3) is 5.54. The summed E-state index contributed by atoms with van der Waals surface area (Å²) in [5.41, 5.74) is 6.33. The van der Waals surface area contributed by atoms with Crippen LogP contribution in [-0.4, -0.2) is 38.7 Å². The zero-order valence-corrected chi connectivity index (χ0v) is 21.3. The van der Waals surface area contributed by atoms with Gasteiger partial charge in [0, 0.05) is 42.2 Å². The maximum atomic E-state index is 13.4. The summed E-state index contributed by atoms with van der Waals surface area (Å²) in [5, 5.41) is 2.82. The summed E-state index contributed by atoms with van der Waals surface area (Å²) in [4.78, 5) is 57.6. The third-order valence-corrected chi connectivity index (χ3v) is 7.37. The molecule has 3 aromatic rings. The summed E-state index contributed by atoms with van der Waals surface area (Å²) in [6.45, 7) is 4.22. The predicted octanol–water partition coefficient (Wildman–Crippen LogP) is 2.77. The van der Waals surface area contributed by atoms with E-state index in [9.17, 15) is 19.2 Å². The smallest absolute Gasteiger partial charge is 0.286 e. The highest BCUT2D eigenvalue weighted by Gasteiger charge is 2.33. The van der Waals surface area contributed by atoms with Crippen LogP contribution in [0.15, 0.2) is 52.6 Å². The number of aryl methyl sites for hydroxylation is 1. The van der Waals surface area contributed by atoms with Gasteiger partial charge in [-0.1, -0.05) is 37.3 Å². The average Bonchev–Trinajstić information content (AvgIpc) is 3.53. The van der Waals surface area contributed by atoms with Crippen molar-refractivity contribution in [3.8, 4) is 0 Å². The van der Waals surface area contributed by atoms with Gasteiger partial charge in [0.15, 0.2) is 0 Å². The Balaban J connectivity index is 1.46. The van der Waals surface area contributed by atoms with E-state index in [2.05, 4.69) is 15.8 Å². The molecule has 3 heterocycles. The van der Waals surface area contributed by atoms with Gasteiger partial charge >= 0.3 is 0 Å². The fourth-order valence-electron chi connectivity index (χ4n) is 4.30. The Kier molecular flexibility index (Phi) is 7.64. The number of aromatic nitrogens is 2. The lowest BCUT2D eigenvalue weighted by molar-refractivity contribution is -0.125. The number of hydrazine groups is 1. The molecule has 188 valence electrons. The minimum atomic E-state index is -0.682. The van der Waals surface area contributed by atoms with Crippen LogP contribution in [0.4, 0.5) is 0 Å². The van der Waals surface area contributed by atoms with Gasteiger partial charge in [0.1, 0.15) is 10.7 Å². The molecule has 1 aliphatic heterocycles. The van der Waals surface area contributed by atoms with Crippen molar-refractivity contribution in [2.24, 2.45) is 13.0 Å². The summed E-state index contributed by atoms with van der Waals surface area (Å²) >= 11 is 1.51.